The van der Waals surface area contributed by atoms with Crippen molar-refractivity contribution in [3.8, 4) is 22.9 Å². The largest absolute Gasteiger partial charge is 0.497 e. The van der Waals surface area contributed by atoms with Gasteiger partial charge in [0.2, 0.25) is 5.82 Å². The molecule has 0 radical (unpaired) electrons. The predicted molar refractivity (Wildman–Crippen MR) is 88.0 cm³/mol. The summed E-state index contributed by atoms with van der Waals surface area (Å²) in [6.45, 7) is -0.645. The molecular weight excluding hydrogens is 343 g/mol. The average molecular weight is 358 g/mol. The van der Waals surface area contributed by atoms with Crippen LogP contribution in [0.4, 0.5) is 4.39 Å². The number of para-hydroxylation sites is 1. The third kappa shape index (κ3) is 4.35. The van der Waals surface area contributed by atoms with Crippen molar-refractivity contribution in [2.24, 2.45) is 0 Å². The van der Waals surface area contributed by atoms with E-state index in [0.717, 1.165) is 0 Å². The molecule has 0 aliphatic heterocycles. The van der Waals surface area contributed by atoms with Crippen molar-refractivity contribution in [2.45, 2.75) is 6.61 Å². The highest BCUT2D eigenvalue weighted by atomic mass is 19.1. The van der Waals surface area contributed by atoms with Crippen LogP contribution < -0.4 is 9.47 Å². The number of esters is 1. The number of hydrogen-bond donors (Lipinski definition) is 0. The lowest BCUT2D eigenvalue weighted by Crippen LogP contribution is -2.15. The maximum atomic E-state index is 13.4. The molecule has 0 unspecified atom stereocenters. The SMILES string of the molecule is COc1cccc(-c2noc(COC(=O)COc3ccccc3F)n2)c1. The molecule has 7 nitrogen and oxygen atoms in total. The fourth-order valence-electron chi connectivity index (χ4n) is 2.08. The second-order valence-electron chi connectivity index (χ2n) is 5.12. The number of hydrogen-bond acceptors (Lipinski definition) is 7. The van der Waals surface area contributed by atoms with Gasteiger partial charge in [-0.3, -0.25) is 0 Å². The highest BCUT2D eigenvalue weighted by molar-refractivity contribution is 5.71. The molecule has 1 heterocycles. The third-order valence-corrected chi connectivity index (χ3v) is 3.33. The summed E-state index contributed by atoms with van der Waals surface area (Å²) >= 11 is 0. The van der Waals surface area contributed by atoms with E-state index in [1.54, 1.807) is 37.4 Å². The Morgan fingerprint density at radius 1 is 1.19 bits per heavy atom. The van der Waals surface area contributed by atoms with E-state index in [4.69, 9.17) is 18.7 Å². The third-order valence-electron chi connectivity index (χ3n) is 3.33. The molecule has 0 N–H and O–H groups in total. The van der Waals surface area contributed by atoms with Crippen molar-refractivity contribution in [3.05, 3.63) is 60.2 Å². The summed E-state index contributed by atoms with van der Waals surface area (Å²) in [5.41, 5.74) is 0.702. The van der Waals surface area contributed by atoms with E-state index in [9.17, 15) is 9.18 Å². The molecule has 134 valence electrons. The summed E-state index contributed by atoms with van der Waals surface area (Å²) in [7, 11) is 1.56. The zero-order valence-electron chi connectivity index (χ0n) is 13.8. The molecule has 0 fully saturated rings. The summed E-state index contributed by atoms with van der Waals surface area (Å²) in [4.78, 5) is 15.8. The molecule has 8 heteroatoms. The summed E-state index contributed by atoms with van der Waals surface area (Å²) in [6.07, 6.45) is 0. The first-order chi connectivity index (χ1) is 12.7. The van der Waals surface area contributed by atoms with Crippen LogP contribution in [0.5, 0.6) is 11.5 Å². The smallest absolute Gasteiger partial charge is 0.344 e. The Kier molecular flexibility index (Phi) is 5.43. The topological polar surface area (TPSA) is 83.7 Å². The molecule has 2 aromatic carbocycles. The molecule has 0 saturated carbocycles. The van der Waals surface area contributed by atoms with Gasteiger partial charge in [-0.05, 0) is 24.3 Å². The molecule has 3 rings (SSSR count). The lowest BCUT2D eigenvalue weighted by molar-refractivity contribution is -0.148. The first-order valence-electron chi connectivity index (χ1n) is 7.65. The van der Waals surface area contributed by atoms with E-state index < -0.39 is 18.4 Å². The van der Waals surface area contributed by atoms with Gasteiger partial charge in [0.25, 0.3) is 5.89 Å². The van der Waals surface area contributed by atoms with E-state index >= 15 is 0 Å². The van der Waals surface area contributed by atoms with Crippen molar-refractivity contribution in [2.75, 3.05) is 13.7 Å². The van der Waals surface area contributed by atoms with E-state index in [1.807, 2.05) is 0 Å². The van der Waals surface area contributed by atoms with Gasteiger partial charge < -0.3 is 18.7 Å². The summed E-state index contributed by atoms with van der Waals surface area (Å²) in [6, 6.07) is 12.9. The van der Waals surface area contributed by atoms with Gasteiger partial charge >= 0.3 is 5.97 Å². The fraction of sp³-hybridized carbons (Fsp3) is 0.167. The minimum Gasteiger partial charge on any atom is -0.497 e. The van der Waals surface area contributed by atoms with Crippen LogP contribution in [0.1, 0.15) is 5.89 Å². The second-order valence-corrected chi connectivity index (χ2v) is 5.12. The molecule has 0 bridgehead atoms. The quantitative estimate of drug-likeness (QED) is 0.600. The van der Waals surface area contributed by atoms with Crippen molar-refractivity contribution >= 4 is 5.97 Å². The first kappa shape index (κ1) is 17.4. The molecule has 0 saturated heterocycles. The zero-order valence-corrected chi connectivity index (χ0v) is 13.8. The Labute approximate surface area is 148 Å². The monoisotopic (exact) mass is 358 g/mol. The van der Waals surface area contributed by atoms with Crippen LogP contribution in [0.3, 0.4) is 0 Å². The number of ether oxygens (including phenoxy) is 3. The maximum absolute atomic E-state index is 13.4. The van der Waals surface area contributed by atoms with Crippen molar-refractivity contribution in [1.82, 2.24) is 10.1 Å². The molecule has 0 spiro atoms. The van der Waals surface area contributed by atoms with E-state index in [1.165, 1.54) is 18.2 Å². The van der Waals surface area contributed by atoms with E-state index in [0.29, 0.717) is 17.1 Å². The Morgan fingerprint density at radius 2 is 2.04 bits per heavy atom. The number of carbonyl (C=O) groups is 1. The normalized spacial score (nSPS) is 10.4. The number of carbonyl (C=O) groups excluding carboxylic acids is 1. The highest BCUT2D eigenvalue weighted by Gasteiger charge is 2.13. The van der Waals surface area contributed by atoms with Crippen LogP contribution in [-0.2, 0) is 16.1 Å². The lowest BCUT2D eigenvalue weighted by Gasteiger charge is -2.06. The molecule has 3 aromatic rings. The number of halogens is 1. The van der Waals surface area contributed by atoms with E-state index in [2.05, 4.69) is 10.1 Å². The maximum Gasteiger partial charge on any atom is 0.344 e. The molecule has 0 aliphatic rings. The predicted octanol–water partition coefficient (Wildman–Crippen LogP) is 3.01. The summed E-state index contributed by atoms with van der Waals surface area (Å²) in [5, 5.41) is 3.83. The Hall–Kier alpha value is -3.42. The Bertz CT molecular complexity index is 897. The van der Waals surface area contributed by atoms with Crippen LogP contribution in [0, 0.1) is 5.82 Å². The summed E-state index contributed by atoms with van der Waals surface area (Å²) < 4.78 is 33.6. The van der Waals surface area contributed by atoms with Crippen LogP contribution in [0.15, 0.2) is 53.1 Å². The average Bonchev–Trinajstić information content (AvgIpc) is 3.15. The lowest BCUT2D eigenvalue weighted by atomic mass is 10.2. The number of nitrogens with zero attached hydrogens (tertiary/aromatic N) is 2. The minimum atomic E-state index is -0.686. The Morgan fingerprint density at radius 3 is 2.85 bits per heavy atom. The van der Waals surface area contributed by atoms with Gasteiger partial charge in [-0.15, -0.1) is 0 Å². The molecule has 0 aliphatic carbocycles. The van der Waals surface area contributed by atoms with Gasteiger partial charge in [0, 0.05) is 5.56 Å². The standard InChI is InChI=1S/C18H15FN2O5/c1-23-13-6-4-5-12(9-13)18-20-16(26-21-18)10-25-17(22)11-24-15-8-3-2-7-14(15)19/h2-9H,10-11H2,1H3. The van der Waals surface area contributed by atoms with Gasteiger partial charge in [-0.1, -0.05) is 29.4 Å². The van der Waals surface area contributed by atoms with Gasteiger partial charge in [-0.25, -0.2) is 9.18 Å². The van der Waals surface area contributed by atoms with Gasteiger partial charge in [0.15, 0.2) is 24.8 Å². The summed E-state index contributed by atoms with van der Waals surface area (Å²) in [5.74, 6) is -0.137. The molecule has 0 amide bonds. The van der Waals surface area contributed by atoms with Gasteiger partial charge in [0.1, 0.15) is 5.75 Å². The van der Waals surface area contributed by atoms with Crippen LogP contribution >= 0.6 is 0 Å². The molecule has 1 aromatic heterocycles. The zero-order chi connectivity index (χ0) is 18.4. The van der Waals surface area contributed by atoms with Crippen LogP contribution in [0.2, 0.25) is 0 Å². The first-order valence-corrected chi connectivity index (χ1v) is 7.65. The minimum absolute atomic E-state index is 0.0254. The number of benzene rings is 2. The molecule has 0 atom stereocenters. The van der Waals surface area contributed by atoms with Gasteiger partial charge in [-0.2, -0.15) is 4.98 Å². The Balaban J connectivity index is 1.53. The van der Waals surface area contributed by atoms with Crippen molar-refractivity contribution in [3.63, 3.8) is 0 Å². The van der Waals surface area contributed by atoms with Crippen molar-refractivity contribution < 1.29 is 27.9 Å². The van der Waals surface area contributed by atoms with Gasteiger partial charge in [0.05, 0.1) is 7.11 Å². The second kappa shape index (κ2) is 8.11. The number of methoxy groups -OCH3 is 1. The highest BCUT2D eigenvalue weighted by Crippen LogP contribution is 2.21. The van der Waals surface area contributed by atoms with E-state index in [-0.39, 0.29) is 18.2 Å². The van der Waals surface area contributed by atoms with Crippen LogP contribution in [-0.4, -0.2) is 29.8 Å². The number of rotatable bonds is 7. The molecule has 26 heavy (non-hydrogen) atoms. The van der Waals surface area contributed by atoms with Crippen LogP contribution in [0.25, 0.3) is 11.4 Å². The van der Waals surface area contributed by atoms with Crippen molar-refractivity contribution in [1.29, 1.82) is 0 Å². The number of aromatic nitrogens is 2. The fourth-order valence-corrected chi connectivity index (χ4v) is 2.08. The molecular formula is C18H15FN2O5.